The number of hydrogen-bond acceptors (Lipinski definition) is 2. The van der Waals surface area contributed by atoms with Crippen LogP contribution < -0.4 is 5.32 Å². The predicted molar refractivity (Wildman–Crippen MR) is 76.4 cm³/mol. The Morgan fingerprint density at radius 3 is 2.35 bits per heavy atom. The summed E-state index contributed by atoms with van der Waals surface area (Å²) in [6.45, 7) is 8.19. The lowest BCUT2D eigenvalue weighted by Gasteiger charge is -2.21. The fourth-order valence-electron chi connectivity index (χ4n) is 2.59. The summed E-state index contributed by atoms with van der Waals surface area (Å²) >= 11 is 0. The third-order valence-electron chi connectivity index (χ3n) is 4.15. The second-order valence-electron chi connectivity index (χ2n) is 5.99. The molecule has 0 aromatic heterocycles. The maximum absolute atomic E-state index is 3.65. The summed E-state index contributed by atoms with van der Waals surface area (Å²) in [5, 5.41) is 3.65. The van der Waals surface area contributed by atoms with E-state index < -0.39 is 0 Å². The highest BCUT2D eigenvalue weighted by molar-refractivity contribution is 4.67. The minimum Gasteiger partial charge on any atom is -0.316 e. The lowest BCUT2D eigenvalue weighted by molar-refractivity contribution is 0.268. The average molecular weight is 240 g/mol. The zero-order chi connectivity index (χ0) is 12.5. The van der Waals surface area contributed by atoms with Crippen LogP contribution >= 0.6 is 0 Å². The van der Waals surface area contributed by atoms with Gasteiger partial charge < -0.3 is 10.2 Å². The van der Waals surface area contributed by atoms with Crippen LogP contribution in [0, 0.1) is 5.92 Å². The van der Waals surface area contributed by atoms with E-state index in [2.05, 4.69) is 31.1 Å². The van der Waals surface area contributed by atoms with E-state index in [0.717, 1.165) is 5.92 Å². The summed E-state index contributed by atoms with van der Waals surface area (Å²) in [6, 6.07) is 0.678. The van der Waals surface area contributed by atoms with Crippen LogP contribution in [0.15, 0.2) is 0 Å². The fraction of sp³-hybridized carbons (Fsp3) is 1.00. The van der Waals surface area contributed by atoms with Crippen molar-refractivity contribution in [3.05, 3.63) is 0 Å². The van der Waals surface area contributed by atoms with Crippen LogP contribution in [-0.2, 0) is 0 Å². The summed E-state index contributed by atoms with van der Waals surface area (Å²) in [6.07, 6.45) is 10.1. The van der Waals surface area contributed by atoms with E-state index in [9.17, 15) is 0 Å². The summed E-state index contributed by atoms with van der Waals surface area (Å²) in [7, 11) is 2.22. The summed E-state index contributed by atoms with van der Waals surface area (Å²) in [5.41, 5.74) is 0. The fourth-order valence-corrected chi connectivity index (χ4v) is 2.59. The Balaban J connectivity index is 1.96. The molecule has 0 unspecified atom stereocenters. The van der Waals surface area contributed by atoms with Gasteiger partial charge in [0.05, 0.1) is 0 Å². The molecule has 1 fully saturated rings. The Hall–Kier alpha value is -0.0800. The molecule has 0 bridgehead atoms. The predicted octanol–water partition coefficient (Wildman–Crippen LogP) is 3.28. The van der Waals surface area contributed by atoms with Gasteiger partial charge in [0, 0.05) is 6.04 Å². The van der Waals surface area contributed by atoms with Crippen LogP contribution in [0.25, 0.3) is 0 Å². The standard InChI is InChI=1S/C15H32N2/c1-14(2)17(3)12-8-11-16-13-15-9-6-4-5-7-10-15/h14-16H,4-13H2,1-3H3. The van der Waals surface area contributed by atoms with Gasteiger partial charge in [-0.1, -0.05) is 25.7 Å². The van der Waals surface area contributed by atoms with Crippen molar-refractivity contribution in [1.82, 2.24) is 10.2 Å². The Bertz CT molecular complexity index is 172. The lowest BCUT2D eigenvalue weighted by Crippen LogP contribution is -2.30. The van der Waals surface area contributed by atoms with Crippen LogP contribution in [0.5, 0.6) is 0 Å². The number of rotatable bonds is 7. The van der Waals surface area contributed by atoms with Crippen molar-refractivity contribution in [2.24, 2.45) is 5.92 Å². The van der Waals surface area contributed by atoms with E-state index in [-0.39, 0.29) is 0 Å². The van der Waals surface area contributed by atoms with E-state index in [1.54, 1.807) is 0 Å². The van der Waals surface area contributed by atoms with E-state index in [0.29, 0.717) is 6.04 Å². The largest absolute Gasteiger partial charge is 0.316 e. The molecular formula is C15H32N2. The Labute approximate surface area is 108 Å². The molecule has 0 aromatic carbocycles. The van der Waals surface area contributed by atoms with E-state index >= 15 is 0 Å². The Kier molecular flexibility index (Phi) is 7.87. The topological polar surface area (TPSA) is 15.3 Å². The minimum atomic E-state index is 0.678. The zero-order valence-electron chi connectivity index (χ0n) is 12.2. The monoisotopic (exact) mass is 240 g/mol. The maximum atomic E-state index is 3.65. The van der Waals surface area contributed by atoms with Crippen LogP contribution in [0.1, 0.15) is 58.8 Å². The molecule has 1 aliphatic rings. The van der Waals surface area contributed by atoms with Gasteiger partial charge in [0.25, 0.3) is 0 Å². The van der Waals surface area contributed by atoms with Gasteiger partial charge in [-0.25, -0.2) is 0 Å². The van der Waals surface area contributed by atoms with Gasteiger partial charge in [-0.05, 0) is 65.7 Å². The third kappa shape index (κ3) is 7.05. The van der Waals surface area contributed by atoms with Crippen molar-refractivity contribution in [3.8, 4) is 0 Å². The highest BCUT2D eigenvalue weighted by atomic mass is 15.1. The molecule has 1 rings (SSSR count). The molecule has 1 N–H and O–H groups in total. The van der Waals surface area contributed by atoms with Gasteiger partial charge in [-0.15, -0.1) is 0 Å². The minimum absolute atomic E-state index is 0.678. The first-order valence-electron chi connectivity index (χ1n) is 7.61. The molecule has 0 heterocycles. The van der Waals surface area contributed by atoms with Crippen molar-refractivity contribution < 1.29 is 0 Å². The third-order valence-corrected chi connectivity index (χ3v) is 4.15. The molecule has 0 aliphatic heterocycles. The second-order valence-corrected chi connectivity index (χ2v) is 5.99. The van der Waals surface area contributed by atoms with Gasteiger partial charge >= 0.3 is 0 Å². The molecular weight excluding hydrogens is 208 g/mol. The maximum Gasteiger partial charge on any atom is 0.00355 e. The molecule has 1 saturated carbocycles. The molecule has 0 atom stereocenters. The van der Waals surface area contributed by atoms with Gasteiger partial charge in [0.2, 0.25) is 0 Å². The van der Waals surface area contributed by atoms with Crippen molar-refractivity contribution in [2.45, 2.75) is 64.8 Å². The van der Waals surface area contributed by atoms with Crippen molar-refractivity contribution in [3.63, 3.8) is 0 Å². The summed E-state index contributed by atoms with van der Waals surface area (Å²) < 4.78 is 0. The average Bonchev–Trinajstić information content (AvgIpc) is 2.56. The molecule has 17 heavy (non-hydrogen) atoms. The Morgan fingerprint density at radius 1 is 1.12 bits per heavy atom. The van der Waals surface area contributed by atoms with Gasteiger partial charge in [0.1, 0.15) is 0 Å². The SMILES string of the molecule is CC(C)N(C)CCCNCC1CCCCCC1. The number of nitrogens with zero attached hydrogens (tertiary/aromatic N) is 1. The number of hydrogen-bond donors (Lipinski definition) is 1. The summed E-state index contributed by atoms with van der Waals surface area (Å²) in [4.78, 5) is 2.42. The first-order valence-corrected chi connectivity index (χ1v) is 7.61. The summed E-state index contributed by atoms with van der Waals surface area (Å²) in [5.74, 6) is 0.959. The second kappa shape index (κ2) is 8.93. The molecule has 0 spiro atoms. The number of nitrogens with one attached hydrogen (secondary N) is 1. The van der Waals surface area contributed by atoms with E-state index in [1.807, 2.05) is 0 Å². The first kappa shape index (κ1) is 15.0. The molecule has 0 aromatic rings. The quantitative estimate of drug-likeness (QED) is 0.543. The Morgan fingerprint density at radius 2 is 1.76 bits per heavy atom. The van der Waals surface area contributed by atoms with Crippen LogP contribution in [-0.4, -0.2) is 37.6 Å². The highest BCUT2D eigenvalue weighted by Gasteiger charge is 2.11. The molecule has 0 saturated heterocycles. The van der Waals surface area contributed by atoms with Gasteiger partial charge in [-0.3, -0.25) is 0 Å². The molecule has 0 amide bonds. The van der Waals surface area contributed by atoms with Gasteiger partial charge in [-0.2, -0.15) is 0 Å². The zero-order valence-corrected chi connectivity index (χ0v) is 12.2. The normalized spacial score (nSPS) is 18.9. The van der Waals surface area contributed by atoms with Crippen LogP contribution in [0.4, 0.5) is 0 Å². The van der Waals surface area contributed by atoms with E-state index in [4.69, 9.17) is 0 Å². The van der Waals surface area contributed by atoms with Crippen molar-refractivity contribution in [2.75, 3.05) is 26.7 Å². The molecule has 2 nitrogen and oxygen atoms in total. The molecule has 1 aliphatic carbocycles. The van der Waals surface area contributed by atoms with Crippen LogP contribution in [0.2, 0.25) is 0 Å². The highest BCUT2D eigenvalue weighted by Crippen LogP contribution is 2.21. The lowest BCUT2D eigenvalue weighted by atomic mass is 10.0. The van der Waals surface area contributed by atoms with Crippen molar-refractivity contribution >= 4 is 0 Å². The first-order chi connectivity index (χ1) is 8.20. The molecule has 2 heteroatoms. The molecule has 0 radical (unpaired) electrons. The van der Waals surface area contributed by atoms with Crippen molar-refractivity contribution in [1.29, 1.82) is 0 Å². The van der Waals surface area contributed by atoms with Gasteiger partial charge in [0.15, 0.2) is 0 Å². The molecule has 102 valence electrons. The van der Waals surface area contributed by atoms with Crippen LogP contribution in [0.3, 0.4) is 0 Å². The van der Waals surface area contributed by atoms with E-state index in [1.165, 1.54) is 64.6 Å². The smallest absolute Gasteiger partial charge is 0.00355 e.